The van der Waals surface area contributed by atoms with Gasteiger partial charge in [0.1, 0.15) is 24.2 Å². The molecule has 216 valence electrons. The number of hydrogen-bond donors (Lipinski definition) is 7. The van der Waals surface area contributed by atoms with Gasteiger partial charge in [-0.25, -0.2) is 10.1 Å². The Bertz CT molecular complexity index is 1750. The zero-order valence-corrected chi connectivity index (χ0v) is 23.6. The molecule has 0 saturated carbocycles. The van der Waals surface area contributed by atoms with E-state index in [4.69, 9.17) is 26.1 Å². The van der Waals surface area contributed by atoms with Crippen LogP contribution in [0.25, 0.3) is 22.3 Å². The molecule has 2 aliphatic rings. The lowest BCUT2D eigenvalue weighted by Crippen LogP contribution is -2.37. The summed E-state index contributed by atoms with van der Waals surface area (Å²) >= 11 is 6.24. The number of fused-ring (bicyclic) bond motifs is 4. The number of aliphatic hydroxyl groups is 2. The highest BCUT2D eigenvalue weighted by Crippen LogP contribution is 2.52. The van der Waals surface area contributed by atoms with Crippen LogP contribution in [0.4, 0.5) is 11.5 Å². The van der Waals surface area contributed by atoms with Gasteiger partial charge >= 0.3 is 7.60 Å². The Labute approximate surface area is 237 Å². The number of halogens is 1. The number of imidazole rings is 1. The highest BCUT2D eigenvalue weighted by molar-refractivity contribution is 7.71. The molecule has 1 saturated heterocycles. The molecule has 41 heavy (non-hydrogen) atoms. The minimum atomic E-state index is -4.78. The van der Waals surface area contributed by atoms with Crippen LogP contribution in [-0.4, -0.2) is 75.2 Å². The average Bonchev–Trinajstić information content (AvgIpc) is 3.55. The van der Waals surface area contributed by atoms with Gasteiger partial charge in [-0.2, -0.15) is 9.97 Å². The van der Waals surface area contributed by atoms with Crippen LogP contribution in [0.2, 0.25) is 5.28 Å². The van der Waals surface area contributed by atoms with Crippen molar-refractivity contribution in [3.63, 3.8) is 0 Å². The first-order chi connectivity index (χ1) is 19.4. The number of rotatable bonds is 8. The van der Waals surface area contributed by atoms with Crippen molar-refractivity contribution < 1.29 is 38.8 Å². The molecule has 7 N–H and O–H groups in total. The third-order valence-electron chi connectivity index (χ3n) is 6.98. The Morgan fingerprint density at radius 2 is 1.78 bits per heavy atom. The van der Waals surface area contributed by atoms with E-state index in [2.05, 4.69) is 37.5 Å². The zero-order chi connectivity index (χ0) is 29.1. The van der Waals surface area contributed by atoms with Gasteiger partial charge in [0.25, 0.3) is 7.52 Å². The first-order valence-electron chi connectivity index (χ1n) is 12.4. The molecule has 5 unspecified atom stereocenters. The smallest absolute Gasteiger partial charge is 0.336 e. The van der Waals surface area contributed by atoms with E-state index < -0.39 is 52.1 Å². The number of nitrogens with zero attached hydrogens (tertiary/aromatic N) is 4. The predicted octanol–water partition coefficient (Wildman–Crippen LogP) is 2.32. The van der Waals surface area contributed by atoms with Crippen LogP contribution >= 0.6 is 26.7 Å². The van der Waals surface area contributed by atoms with Gasteiger partial charge in [-0.15, -0.1) is 0 Å². The van der Waals surface area contributed by atoms with Crippen LogP contribution in [0, 0.1) is 0 Å². The van der Waals surface area contributed by atoms with Gasteiger partial charge in [0.05, 0.1) is 6.33 Å². The van der Waals surface area contributed by atoms with Gasteiger partial charge in [-0.3, -0.25) is 13.7 Å². The van der Waals surface area contributed by atoms with Crippen LogP contribution in [0.5, 0.6) is 0 Å². The van der Waals surface area contributed by atoms with Crippen molar-refractivity contribution in [3.8, 4) is 11.1 Å². The van der Waals surface area contributed by atoms with Gasteiger partial charge < -0.3 is 34.9 Å². The Kier molecular flexibility index (Phi) is 7.28. The lowest BCUT2D eigenvalue weighted by molar-refractivity contribution is -0.0331. The second kappa shape index (κ2) is 10.5. The van der Waals surface area contributed by atoms with Gasteiger partial charge in [-0.1, -0.05) is 30.3 Å². The lowest BCUT2D eigenvalue weighted by atomic mass is 10.1. The summed E-state index contributed by atoms with van der Waals surface area (Å²) < 4.78 is 30.3. The SMILES string of the molecule is O=P(O)(O)CP(=O)(O)NCC1OC(n2cnc3c(Nc4ccc5c(c4)-c4ccccc4C5)nc(Cl)nc32)C(O)C1O. The predicted molar refractivity (Wildman–Crippen MR) is 149 cm³/mol. The molecule has 6 rings (SSSR count). The molecular weight excluding hydrogens is 598 g/mol. The summed E-state index contributed by atoms with van der Waals surface area (Å²) in [4.78, 5) is 40.7. The maximum atomic E-state index is 12.1. The van der Waals surface area contributed by atoms with Gasteiger partial charge in [0.15, 0.2) is 23.2 Å². The van der Waals surface area contributed by atoms with Gasteiger partial charge in [-0.05, 0) is 52.4 Å². The normalized spacial score (nSPS) is 23.4. The molecule has 0 radical (unpaired) electrons. The van der Waals surface area contributed by atoms with Crippen LogP contribution in [-0.2, 0) is 20.3 Å². The van der Waals surface area contributed by atoms with Gasteiger partial charge in [0, 0.05) is 12.2 Å². The lowest BCUT2D eigenvalue weighted by Gasteiger charge is -2.19. The molecule has 5 atom stereocenters. The summed E-state index contributed by atoms with van der Waals surface area (Å²) in [5, 5.41) is 26.5. The van der Waals surface area contributed by atoms with Crippen LogP contribution in [0.3, 0.4) is 0 Å². The summed E-state index contributed by atoms with van der Waals surface area (Å²) in [5.74, 6) is -0.988. The Morgan fingerprint density at radius 3 is 2.56 bits per heavy atom. The molecule has 2 aromatic carbocycles. The highest BCUT2D eigenvalue weighted by atomic mass is 35.5. The zero-order valence-electron chi connectivity index (χ0n) is 21.1. The summed E-state index contributed by atoms with van der Waals surface area (Å²) in [6, 6.07) is 14.2. The number of hydrogen-bond acceptors (Lipinski definition) is 9. The fraction of sp³-hybridized carbons (Fsp3) is 0.292. The van der Waals surface area contributed by atoms with E-state index >= 15 is 0 Å². The first kappa shape index (κ1) is 28.4. The Morgan fingerprint density at radius 1 is 1.02 bits per heavy atom. The topological polar surface area (TPSA) is 212 Å². The summed E-state index contributed by atoms with van der Waals surface area (Å²) in [7, 11) is -9.23. The molecule has 1 fully saturated rings. The molecule has 1 aliphatic heterocycles. The number of aromatic nitrogens is 4. The minimum absolute atomic E-state index is 0.113. The third-order valence-corrected chi connectivity index (χ3v) is 10.8. The van der Waals surface area contributed by atoms with Crippen molar-refractivity contribution in [2.75, 3.05) is 17.8 Å². The molecule has 2 aromatic heterocycles. The Balaban J connectivity index is 1.24. The van der Waals surface area contributed by atoms with Crippen LogP contribution in [0.1, 0.15) is 17.4 Å². The van der Waals surface area contributed by atoms with E-state index in [0.717, 1.165) is 23.2 Å². The Hall–Kier alpha value is -2.74. The van der Waals surface area contributed by atoms with E-state index in [0.29, 0.717) is 11.3 Å². The summed E-state index contributed by atoms with van der Waals surface area (Å²) in [6.07, 6.45) is -3.23. The molecule has 0 bridgehead atoms. The second-order valence-electron chi connectivity index (χ2n) is 9.91. The molecule has 17 heteroatoms. The van der Waals surface area contributed by atoms with Gasteiger partial charge in [0.2, 0.25) is 5.28 Å². The fourth-order valence-corrected chi connectivity index (χ4v) is 8.19. The fourth-order valence-electron chi connectivity index (χ4n) is 5.16. The van der Waals surface area contributed by atoms with E-state index in [9.17, 15) is 24.2 Å². The van der Waals surface area contributed by atoms with E-state index in [-0.39, 0.29) is 10.9 Å². The average molecular weight is 623 g/mol. The molecular formula is C24H25ClN6O8P2. The molecule has 4 aromatic rings. The number of anilines is 2. The van der Waals surface area contributed by atoms with E-state index in [1.54, 1.807) is 0 Å². The van der Waals surface area contributed by atoms with Crippen molar-refractivity contribution in [2.45, 2.75) is 31.0 Å². The molecule has 1 aliphatic carbocycles. The number of aliphatic hydroxyl groups excluding tert-OH is 2. The summed E-state index contributed by atoms with van der Waals surface area (Å²) in [5.41, 5.74) is 5.98. The van der Waals surface area contributed by atoms with Crippen molar-refractivity contribution in [3.05, 3.63) is 65.2 Å². The third kappa shape index (κ3) is 5.69. The molecule has 0 amide bonds. The maximum Gasteiger partial charge on any atom is 0.336 e. The van der Waals surface area contributed by atoms with E-state index in [1.807, 2.05) is 30.3 Å². The maximum absolute atomic E-state index is 12.1. The molecule has 3 heterocycles. The largest absolute Gasteiger partial charge is 0.387 e. The monoisotopic (exact) mass is 622 g/mol. The number of benzene rings is 2. The van der Waals surface area contributed by atoms with Crippen molar-refractivity contribution in [2.24, 2.45) is 0 Å². The van der Waals surface area contributed by atoms with Crippen molar-refractivity contribution in [1.29, 1.82) is 0 Å². The second-order valence-corrected chi connectivity index (χ2v) is 14.4. The minimum Gasteiger partial charge on any atom is -0.387 e. The quantitative estimate of drug-likeness (QED) is 0.0979. The molecule has 14 nitrogen and oxygen atoms in total. The van der Waals surface area contributed by atoms with Crippen LogP contribution in [0.15, 0.2) is 48.8 Å². The highest BCUT2D eigenvalue weighted by Gasteiger charge is 2.45. The van der Waals surface area contributed by atoms with E-state index in [1.165, 1.54) is 22.0 Å². The number of ether oxygens (including phenoxy) is 1. The standard InChI is InChI=1S/C24H25ClN6O8P2/c25-24-29-21(28-14-6-5-13-7-12-3-1-2-4-15(12)16(13)8-14)18-22(30-24)31(10-26-18)23-20(33)19(32)17(39-23)9-27-40(34,35)11-41(36,37)38/h1-6,8,10,17,19-20,23,32-33H,7,9,11H2,(H2,27,34,35)(H,28,29,30)(H2,36,37,38). The first-order valence-corrected chi connectivity index (χ1v) is 16.4. The molecule has 0 spiro atoms. The summed E-state index contributed by atoms with van der Waals surface area (Å²) in [6.45, 7) is -0.473. The van der Waals surface area contributed by atoms with Crippen molar-refractivity contribution >= 4 is 49.4 Å². The number of nitrogens with one attached hydrogen (secondary N) is 2. The van der Waals surface area contributed by atoms with Crippen LogP contribution < -0.4 is 10.4 Å². The van der Waals surface area contributed by atoms with Crippen molar-refractivity contribution in [1.82, 2.24) is 24.6 Å².